The SMILES string of the molecule is COC(=O)Oc1ccc(C2(C)C(=O)N(c3ccc(C#N)c(C(F)(F)F)c3)C(=O)N2C)cc1. The summed E-state index contributed by atoms with van der Waals surface area (Å²) in [5.74, 6) is -0.660. The number of methoxy groups -OCH3 is 1. The topological polar surface area (TPSA) is 99.9 Å². The zero-order valence-electron chi connectivity index (χ0n) is 17.1. The number of nitrogens with zero attached hydrogens (tertiary/aromatic N) is 3. The zero-order valence-corrected chi connectivity index (χ0v) is 17.1. The molecule has 1 heterocycles. The van der Waals surface area contributed by atoms with Gasteiger partial charge in [0.25, 0.3) is 5.91 Å². The van der Waals surface area contributed by atoms with Crippen LogP contribution in [0.15, 0.2) is 42.5 Å². The standard InChI is InChI=1S/C21H16F3N3O5/c1-20(13-5-8-15(9-6-13)32-19(30)31-3)17(28)27(18(29)26(20)2)14-7-4-12(11-25)16(10-14)21(22,23)24/h4-10H,1-3H3. The Balaban J connectivity index is 2.02. The van der Waals surface area contributed by atoms with E-state index in [0.717, 1.165) is 24.1 Å². The van der Waals surface area contributed by atoms with Gasteiger partial charge in [-0.2, -0.15) is 18.4 Å². The Labute approximate surface area is 180 Å². The summed E-state index contributed by atoms with van der Waals surface area (Å²) in [6, 6.07) is 8.89. The van der Waals surface area contributed by atoms with Crippen LogP contribution in [-0.2, 0) is 21.2 Å². The average Bonchev–Trinajstić information content (AvgIpc) is 2.93. The van der Waals surface area contributed by atoms with Gasteiger partial charge in [-0.05, 0) is 42.8 Å². The fraction of sp³-hybridized carbons (Fsp3) is 0.238. The number of carbonyl (C=O) groups is 3. The van der Waals surface area contributed by atoms with Crippen LogP contribution in [-0.4, -0.2) is 37.2 Å². The van der Waals surface area contributed by atoms with E-state index in [1.807, 2.05) is 0 Å². The molecule has 0 aliphatic carbocycles. The highest BCUT2D eigenvalue weighted by atomic mass is 19.4. The second kappa shape index (κ2) is 7.88. The minimum Gasteiger partial charge on any atom is -0.437 e. The minimum absolute atomic E-state index is 0.127. The number of anilines is 1. The van der Waals surface area contributed by atoms with Crippen molar-refractivity contribution in [1.29, 1.82) is 5.26 Å². The van der Waals surface area contributed by atoms with Gasteiger partial charge in [0.1, 0.15) is 11.3 Å². The lowest BCUT2D eigenvalue weighted by atomic mass is 9.90. The van der Waals surface area contributed by atoms with Gasteiger partial charge in [0.15, 0.2) is 0 Å². The molecule has 2 aromatic carbocycles. The summed E-state index contributed by atoms with van der Waals surface area (Å²) in [6.45, 7) is 1.44. The van der Waals surface area contributed by atoms with Crippen molar-refractivity contribution in [3.8, 4) is 11.8 Å². The van der Waals surface area contributed by atoms with Crippen molar-refractivity contribution in [1.82, 2.24) is 4.90 Å². The third-order valence-electron chi connectivity index (χ3n) is 5.24. The molecule has 1 aliphatic rings. The van der Waals surface area contributed by atoms with E-state index in [1.54, 1.807) is 0 Å². The smallest absolute Gasteiger partial charge is 0.437 e. The van der Waals surface area contributed by atoms with Gasteiger partial charge < -0.3 is 14.4 Å². The molecule has 1 saturated heterocycles. The average molecular weight is 447 g/mol. The fourth-order valence-electron chi connectivity index (χ4n) is 3.32. The van der Waals surface area contributed by atoms with Crippen molar-refractivity contribution in [3.05, 3.63) is 59.2 Å². The maximum Gasteiger partial charge on any atom is 0.513 e. The molecule has 1 fully saturated rings. The van der Waals surface area contributed by atoms with Crippen LogP contribution in [0.5, 0.6) is 5.75 Å². The van der Waals surface area contributed by atoms with E-state index < -0.39 is 40.9 Å². The molecule has 3 rings (SSSR count). The van der Waals surface area contributed by atoms with Gasteiger partial charge in [0.2, 0.25) is 0 Å². The highest BCUT2D eigenvalue weighted by Gasteiger charge is 2.54. The number of halogens is 3. The van der Waals surface area contributed by atoms with Crippen molar-refractivity contribution in [3.63, 3.8) is 0 Å². The van der Waals surface area contributed by atoms with Crippen LogP contribution in [0.4, 0.5) is 28.4 Å². The quantitative estimate of drug-likeness (QED) is 0.400. The number of hydrogen-bond acceptors (Lipinski definition) is 6. The van der Waals surface area contributed by atoms with E-state index in [1.165, 1.54) is 44.3 Å². The Morgan fingerprint density at radius 3 is 2.28 bits per heavy atom. The number of urea groups is 1. The minimum atomic E-state index is -4.85. The summed E-state index contributed by atoms with van der Waals surface area (Å²) in [5.41, 5.74) is -3.40. The Bertz CT molecular complexity index is 1140. The first-order chi connectivity index (χ1) is 14.9. The molecule has 2 aromatic rings. The summed E-state index contributed by atoms with van der Waals surface area (Å²) >= 11 is 0. The number of benzene rings is 2. The molecule has 0 saturated carbocycles. The second-order valence-electron chi connectivity index (χ2n) is 6.97. The summed E-state index contributed by atoms with van der Waals surface area (Å²) in [6.07, 6.45) is -5.79. The van der Waals surface area contributed by atoms with Gasteiger partial charge in [-0.1, -0.05) is 12.1 Å². The number of rotatable bonds is 3. The number of alkyl halides is 3. The summed E-state index contributed by atoms with van der Waals surface area (Å²) in [7, 11) is 2.48. The highest BCUT2D eigenvalue weighted by Crippen LogP contribution is 2.41. The van der Waals surface area contributed by atoms with Crippen molar-refractivity contribution in [2.75, 3.05) is 19.1 Å². The highest BCUT2D eigenvalue weighted by molar-refractivity contribution is 6.23. The molecule has 166 valence electrons. The third kappa shape index (κ3) is 3.60. The van der Waals surface area contributed by atoms with E-state index >= 15 is 0 Å². The molecular formula is C21H16F3N3O5. The third-order valence-corrected chi connectivity index (χ3v) is 5.24. The molecule has 0 radical (unpaired) electrons. The number of nitriles is 1. The van der Waals surface area contributed by atoms with E-state index in [-0.39, 0.29) is 11.4 Å². The van der Waals surface area contributed by atoms with Crippen molar-refractivity contribution in [2.24, 2.45) is 0 Å². The van der Waals surface area contributed by atoms with Crippen LogP contribution >= 0.6 is 0 Å². The molecule has 0 spiro atoms. The molecule has 32 heavy (non-hydrogen) atoms. The molecule has 0 N–H and O–H groups in total. The zero-order chi connectivity index (χ0) is 23.8. The van der Waals surface area contributed by atoms with Crippen LogP contribution < -0.4 is 9.64 Å². The Morgan fingerprint density at radius 1 is 1.12 bits per heavy atom. The van der Waals surface area contributed by atoms with Crippen LogP contribution in [0.3, 0.4) is 0 Å². The Morgan fingerprint density at radius 2 is 1.75 bits per heavy atom. The molecule has 8 nitrogen and oxygen atoms in total. The first-order valence-corrected chi connectivity index (χ1v) is 9.05. The number of imide groups is 1. The summed E-state index contributed by atoms with van der Waals surface area (Å²) in [5, 5.41) is 8.96. The van der Waals surface area contributed by atoms with E-state index in [0.29, 0.717) is 16.5 Å². The lowest BCUT2D eigenvalue weighted by Gasteiger charge is -2.29. The molecule has 1 aliphatic heterocycles. The fourth-order valence-corrected chi connectivity index (χ4v) is 3.32. The maximum atomic E-state index is 13.3. The summed E-state index contributed by atoms with van der Waals surface area (Å²) < 4.78 is 49.3. The molecular weight excluding hydrogens is 431 g/mol. The predicted molar refractivity (Wildman–Crippen MR) is 104 cm³/mol. The maximum absolute atomic E-state index is 13.3. The molecule has 1 unspecified atom stereocenters. The number of ether oxygens (including phenoxy) is 2. The Hall–Kier alpha value is -4.07. The van der Waals surface area contributed by atoms with Crippen molar-refractivity contribution < 1.29 is 37.0 Å². The van der Waals surface area contributed by atoms with Crippen molar-refractivity contribution in [2.45, 2.75) is 18.6 Å². The van der Waals surface area contributed by atoms with Crippen LogP contribution in [0.25, 0.3) is 0 Å². The van der Waals surface area contributed by atoms with E-state index in [9.17, 15) is 27.6 Å². The van der Waals surface area contributed by atoms with Gasteiger partial charge >= 0.3 is 18.4 Å². The van der Waals surface area contributed by atoms with Crippen LogP contribution in [0, 0.1) is 11.3 Å². The number of amides is 3. The lowest BCUT2D eigenvalue weighted by molar-refractivity contribution is -0.137. The van der Waals surface area contributed by atoms with Crippen LogP contribution in [0.2, 0.25) is 0 Å². The lowest BCUT2D eigenvalue weighted by Crippen LogP contribution is -2.42. The first kappa shape index (κ1) is 22.6. The Kier molecular flexibility index (Phi) is 5.57. The number of carbonyl (C=O) groups excluding carboxylic acids is 3. The van der Waals surface area contributed by atoms with Crippen LogP contribution in [0.1, 0.15) is 23.6 Å². The molecule has 11 heteroatoms. The normalized spacial score (nSPS) is 18.5. The van der Waals surface area contributed by atoms with E-state index in [2.05, 4.69) is 4.74 Å². The number of likely N-dealkylation sites (N-methyl/N-ethyl adjacent to an activating group) is 1. The monoisotopic (exact) mass is 447 g/mol. The van der Waals surface area contributed by atoms with Gasteiger partial charge in [-0.15, -0.1) is 0 Å². The first-order valence-electron chi connectivity index (χ1n) is 9.05. The van der Waals surface area contributed by atoms with Gasteiger partial charge in [0, 0.05) is 7.05 Å². The van der Waals surface area contributed by atoms with Gasteiger partial charge in [-0.25, -0.2) is 14.5 Å². The molecule has 0 aromatic heterocycles. The molecule has 0 bridgehead atoms. The number of hydrogen-bond donors (Lipinski definition) is 0. The van der Waals surface area contributed by atoms with Gasteiger partial charge in [-0.3, -0.25) is 4.79 Å². The second-order valence-corrected chi connectivity index (χ2v) is 6.97. The summed E-state index contributed by atoms with van der Waals surface area (Å²) in [4.78, 5) is 39.1. The van der Waals surface area contributed by atoms with Gasteiger partial charge in [0.05, 0.1) is 30.0 Å². The van der Waals surface area contributed by atoms with E-state index in [4.69, 9.17) is 10.00 Å². The predicted octanol–water partition coefficient (Wildman–Crippen LogP) is 4.04. The molecule has 3 amide bonds. The molecule has 1 atom stereocenters. The largest absolute Gasteiger partial charge is 0.513 e. The van der Waals surface area contributed by atoms with Crippen molar-refractivity contribution >= 4 is 23.8 Å².